The number of ether oxygens (including phenoxy) is 1. The van der Waals surface area contributed by atoms with Crippen molar-refractivity contribution >= 4 is 29.8 Å². The number of Topliss-reactive ketones (excluding diaryl/α,β-unsaturated/α-hetero) is 1. The fourth-order valence-corrected chi connectivity index (χ4v) is 2.57. The van der Waals surface area contributed by atoms with Gasteiger partial charge in [-0.1, -0.05) is 42.5 Å². The van der Waals surface area contributed by atoms with E-state index >= 15 is 0 Å². The van der Waals surface area contributed by atoms with E-state index in [1.165, 1.54) is 7.05 Å². The molecule has 0 aliphatic carbocycles. The Morgan fingerprint density at radius 3 is 2.41 bits per heavy atom. The quantitative estimate of drug-likeness (QED) is 0.528. The van der Waals surface area contributed by atoms with Gasteiger partial charge < -0.3 is 20.7 Å². The number of hydrogen-bond acceptors (Lipinski definition) is 6. The first kappa shape index (κ1) is 21.6. The molecule has 151 valence electrons. The van der Waals surface area contributed by atoms with Crippen molar-refractivity contribution in [1.29, 1.82) is 0 Å². The highest BCUT2D eigenvalue weighted by Gasteiger charge is 2.27. The van der Waals surface area contributed by atoms with Crippen LogP contribution in [0.4, 0.5) is 10.5 Å². The lowest BCUT2D eigenvalue weighted by atomic mass is 9.99. The number of rotatable bonds is 10. The van der Waals surface area contributed by atoms with Gasteiger partial charge in [0.25, 0.3) is 0 Å². The second-order valence-corrected chi connectivity index (χ2v) is 6.04. The second-order valence-electron chi connectivity index (χ2n) is 6.04. The normalized spacial score (nSPS) is 11.1. The topological polar surface area (TPSA) is 114 Å². The van der Waals surface area contributed by atoms with Crippen molar-refractivity contribution in [3.05, 3.63) is 65.7 Å². The van der Waals surface area contributed by atoms with Gasteiger partial charge in [0.2, 0.25) is 12.2 Å². The Labute approximate surface area is 168 Å². The summed E-state index contributed by atoms with van der Waals surface area (Å²) in [5.74, 6) is -0.905. The van der Waals surface area contributed by atoms with Crippen molar-refractivity contribution in [2.75, 3.05) is 18.9 Å². The van der Waals surface area contributed by atoms with Gasteiger partial charge in [0.05, 0.1) is 13.0 Å². The number of ketones is 1. The third-order valence-electron chi connectivity index (χ3n) is 4.03. The minimum atomic E-state index is -1.14. The predicted octanol–water partition coefficient (Wildman–Crippen LogP) is 1.82. The molecule has 0 spiro atoms. The van der Waals surface area contributed by atoms with E-state index in [-0.39, 0.29) is 25.1 Å². The number of hydrogen-bond donors (Lipinski definition) is 3. The van der Waals surface area contributed by atoms with Gasteiger partial charge in [0.1, 0.15) is 12.6 Å². The highest BCUT2D eigenvalue weighted by Crippen LogP contribution is 2.18. The van der Waals surface area contributed by atoms with Gasteiger partial charge >= 0.3 is 6.09 Å². The van der Waals surface area contributed by atoms with Crippen LogP contribution in [0.5, 0.6) is 0 Å². The van der Waals surface area contributed by atoms with Gasteiger partial charge in [-0.25, -0.2) is 4.79 Å². The average molecular weight is 396 g/mol. The van der Waals surface area contributed by atoms with Gasteiger partial charge in [-0.15, -0.1) is 0 Å². The van der Waals surface area contributed by atoms with Crippen molar-refractivity contribution in [1.82, 2.24) is 10.6 Å². The minimum Gasteiger partial charge on any atom is -0.445 e. The van der Waals surface area contributed by atoms with Gasteiger partial charge in [-0.05, 0) is 17.7 Å². The molecule has 0 saturated heterocycles. The molecule has 2 rings (SSSR count). The molecule has 0 heterocycles. The van der Waals surface area contributed by atoms with Crippen LogP contribution in [0, 0.1) is 0 Å². The lowest BCUT2D eigenvalue weighted by Crippen LogP contribution is -2.44. The monoisotopic (exact) mass is 396 g/mol. The Morgan fingerprint density at radius 2 is 1.72 bits per heavy atom. The molecule has 2 aromatic carbocycles. The molecular formula is C21H22N3O5. The number of para-hydroxylation sites is 1. The largest absolute Gasteiger partial charge is 0.445 e. The number of carbonyl (C=O) groups is 3. The van der Waals surface area contributed by atoms with Crippen molar-refractivity contribution in [2.45, 2.75) is 19.1 Å². The van der Waals surface area contributed by atoms with E-state index in [0.717, 1.165) is 5.56 Å². The summed E-state index contributed by atoms with van der Waals surface area (Å²) in [5, 5.41) is 7.67. The van der Waals surface area contributed by atoms with E-state index in [1.54, 1.807) is 42.7 Å². The van der Waals surface area contributed by atoms with Crippen LogP contribution in [0.15, 0.2) is 54.6 Å². The van der Waals surface area contributed by atoms with E-state index in [2.05, 4.69) is 16.0 Å². The summed E-state index contributed by atoms with van der Waals surface area (Å²) < 4.78 is 5.15. The van der Waals surface area contributed by atoms with E-state index < -0.39 is 23.8 Å². The maximum absolute atomic E-state index is 13.0. The summed E-state index contributed by atoms with van der Waals surface area (Å²) >= 11 is 0. The van der Waals surface area contributed by atoms with Crippen LogP contribution >= 0.6 is 0 Å². The van der Waals surface area contributed by atoms with Crippen LogP contribution in [-0.4, -0.2) is 43.7 Å². The van der Waals surface area contributed by atoms with E-state index in [4.69, 9.17) is 4.74 Å². The van der Waals surface area contributed by atoms with Crippen LogP contribution < -0.4 is 16.0 Å². The third-order valence-corrected chi connectivity index (χ3v) is 4.03. The first-order valence-electron chi connectivity index (χ1n) is 8.95. The number of anilines is 1. The molecule has 0 aliphatic rings. The van der Waals surface area contributed by atoms with E-state index in [1.807, 2.05) is 18.2 Å². The fourth-order valence-electron chi connectivity index (χ4n) is 2.57. The summed E-state index contributed by atoms with van der Waals surface area (Å²) in [7, 11) is 1.44. The molecule has 1 unspecified atom stereocenters. The number of nitrogens with one attached hydrogen (secondary N) is 3. The number of benzene rings is 2. The highest BCUT2D eigenvalue weighted by atomic mass is 16.5. The van der Waals surface area contributed by atoms with E-state index in [9.17, 15) is 19.2 Å². The molecule has 0 bridgehead atoms. The Kier molecular flexibility index (Phi) is 8.37. The van der Waals surface area contributed by atoms with E-state index in [0.29, 0.717) is 5.69 Å². The van der Waals surface area contributed by atoms with Gasteiger partial charge in [-0.2, -0.15) is 0 Å². The summed E-state index contributed by atoms with van der Waals surface area (Å²) in [6, 6.07) is 14.4. The summed E-state index contributed by atoms with van der Waals surface area (Å²) in [4.78, 5) is 47.6. The lowest BCUT2D eigenvalue weighted by molar-refractivity contribution is -0.120. The maximum Gasteiger partial charge on any atom is 0.408 e. The Morgan fingerprint density at radius 1 is 1.03 bits per heavy atom. The van der Waals surface area contributed by atoms with Gasteiger partial charge in [0, 0.05) is 18.3 Å². The molecule has 2 aromatic rings. The van der Waals surface area contributed by atoms with Crippen molar-refractivity contribution < 1.29 is 23.9 Å². The summed E-state index contributed by atoms with van der Waals surface area (Å²) in [6.45, 7) is -0.0716. The molecule has 0 aliphatic heterocycles. The average Bonchev–Trinajstić information content (AvgIpc) is 2.76. The smallest absolute Gasteiger partial charge is 0.408 e. The molecular weight excluding hydrogens is 374 g/mol. The first-order chi connectivity index (χ1) is 14.0. The Bertz CT molecular complexity index is 854. The van der Waals surface area contributed by atoms with Gasteiger partial charge in [-0.3, -0.25) is 14.4 Å². The number of amides is 2. The molecule has 29 heavy (non-hydrogen) atoms. The second kappa shape index (κ2) is 11.2. The summed E-state index contributed by atoms with van der Waals surface area (Å²) in [6.07, 6.45) is 0.614. The Hall–Kier alpha value is -3.68. The zero-order chi connectivity index (χ0) is 21.1. The number of carbonyl (C=O) groups excluding carboxylic acids is 4. The molecule has 0 saturated carbocycles. The zero-order valence-corrected chi connectivity index (χ0v) is 15.9. The lowest BCUT2D eigenvalue weighted by Gasteiger charge is -2.19. The van der Waals surface area contributed by atoms with Crippen LogP contribution in [0.2, 0.25) is 0 Å². The molecule has 8 nitrogen and oxygen atoms in total. The van der Waals surface area contributed by atoms with Crippen molar-refractivity contribution in [3.8, 4) is 0 Å². The molecule has 1 radical (unpaired) electrons. The molecule has 0 aromatic heterocycles. The standard InChI is InChI=1S/C21H22N3O5/c1-22-19(26)13-18(24-21(28)29-14-15-7-3-2-4-8-15)20(27)16-9-5-6-10-17(16)23-11-12-25/h2-10,18,23H,11,13-14H2,1H3,(H,22,26)(H,24,28). The van der Waals surface area contributed by atoms with Crippen molar-refractivity contribution in [3.63, 3.8) is 0 Å². The predicted molar refractivity (Wildman–Crippen MR) is 107 cm³/mol. The molecule has 0 fully saturated rings. The van der Waals surface area contributed by atoms with Crippen molar-refractivity contribution in [2.24, 2.45) is 0 Å². The first-order valence-corrected chi connectivity index (χ1v) is 8.95. The van der Waals surface area contributed by atoms with Crippen LogP contribution in [0.1, 0.15) is 22.3 Å². The number of alkyl carbamates (subject to hydrolysis) is 1. The summed E-state index contributed by atoms with van der Waals surface area (Å²) in [5.41, 5.74) is 1.43. The molecule has 3 N–H and O–H groups in total. The SMILES string of the molecule is CNC(=O)CC(NC(=O)OCc1ccccc1)C(=O)c1ccccc1NC[C]=O. The Balaban J connectivity index is 2.12. The maximum atomic E-state index is 13.0. The highest BCUT2D eigenvalue weighted by molar-refractivity contribution is 6.07. The molecule has 1 atom stereocenters. The van der Waals surface area contributed by atoms with Crippen LogP contribution in [0.3, 0.4) is 0 Å². The fraction of sp³-hybridized carbons (Fsp3) is 0.238. The third kappa shape index (κ3) is 6.76. The zero-order valence-electron chi connectivity index (χ0n) is 15.9. The van der Waals surface area contributed by atoms with Gasteiger partial charge in [0.15, 0.2) is 5.78 Å². The van der Waals surface area contributed by atoms with Crippen LogP contribution in [-0.2, 0) is 20.9 Å². The van der Waals surface area contributed by atoms with Crippen LogP contribution in [0.25, 0.3) is 0 Å². The molecule has 8 heteroatoms. The molecule has 2 amide bonds. The minimum absolute atomic E-state index is 0.0286.